The molecular formula is C18H19F2N3O2. The van der Waals surface area contributed by atoms with Crippen molar-refractivity contribution in [3.05, 3.63) is 42.1 Å². The SMILES string of the molecule is CC[C@@H]1CC(F)(F)CN1C(=O)CNC(=O)c1ccnc2ccccc12. The van der Waals surface area contributed by atoms with E-state index in [1.807, 2.05) is 6.07 Å². The van der Waals surface area contributed by atoms with Gasteiger partial charge in [-0.25, -0.2) is 8.78 Å². The minimum atomic E-state index is -2.86. The molecule has 2 aromatic rings. The minimum absolute atomic E-state index is 0.304. The molecule has 5 nitrogen and oxygen atoms in total. The lowest BCUT2D eigenvalue weighted by Crippen LogP contribution is -2.43. The van der Waals surface area contributed by atoms with Crippen molar-refractivity contribution in [3.63, 3.8) is 0 Å². The average molecular weight is 347 g/mol. The summed E-state index contributed by atoms with van der Waals surface area (Å²) in [6.07, 6.45) is 1.66. The lowest BCUT2D eigenvalue weighted by atomic mass is 10.1. The van der Waals surface area contributed by atoms with Crippen molar-refractivity contribution in [2.45, 2.75) is 31.7 Å². The largest absolute Gasteiger partial charge is 0.343 e. The molecule has 1 saturated heterocycles. The predicted molar refractivity (Wildman–Crippen MR) is 89.4 cm³/mol. The zero-order chi connectivity index (χ0) is 18.0. The van der Waals surface area contributed by atoms with Crippen LogP contribution in [0.25, 0.3) is 10.9 Å². The number of amides is 2. The van der Waals surface area contributed by atoms with Crippen molar-refractivity contribution in [1.82, 2.24) is 15.2 Å². The van der Waals surface area contributed by atoms with Crippen LogP contribution >= 0.6 is 0 Å². The third kappa shape index (κ3) is 3.60. The van der Waals surface area contributed by atoms with E-state index in [9.17, 15) is 18.4 Å². The van der Waals surface area contributed by atoms with Gasteiger partial charge in [-0.15, -0.1) is 0 Å². The van der Waals surface area contributed by atoms with E-state index >= 15 is 0 Å². The minimum Gasteiger partial charge on any atom is -0.343 e. The molecule has 0 saturated carbocycles. The maximum absolute atomic E-state index is 13.5. The predicted octanol–water partition coefficient (Wildman–Crippen LogP) is 2.61. The molecule has 1 aliphatic rings. The second kappa shape index (κ2) is 6.74. The standard InChI is InChI=1S/C18H19F2N3O2/c1-2-12-9-18(19,20)11-23(12)16(24)10-22-17(25)14-7-8-21-15-6-4-3-5-13(14)15/h3-8,12H,2,9-11H2,1H3,(H,22,25)/t12-/m1/s1. The first-order valence-electron chi connectivity index (χ1n) is 8.20. The van der Waals surface area contributed by atoms with Gasteiger partial charge in [0.1, 0.15) is 0 Å². The Hall–Kier alpha value is -2.57. The average Bonchev–Trinajstić information content (AvgIpc) is 2.93. The van der Waals surface area contributed by atoms with Gasteiger partial charge in [0.15, 0.2) is 0 Å². The van der Waals surface area contributed by atoms with Gasteiger partial charge in [-0.2, -0.15) is 0 Å². The van der Waals surface area contributed by atoms with Crippen LogP contribution < -0.4 is 5.32 Å². The van der Waals surface area contributed by atoms with Gasteiger partial charge in [-0.3, -0.25) is 14.6 Å². The number of rotatable bonds is 4. The highest BCUT2D eigenvalue weighted by molar-refractivity contribution is 6.06. The summed E-state index contributed by atoms with van der Waals surface area (Å²) < 4.78 is 27.1. The zero-order valence-corrected chi connectivity index (χ0v) is 13.8. The van der Waals surface area contributed by atoms with Gasteiger partial charge >= 0.3 is 0 Å². The summed E-state index contributed by atoms with van der Waals surface area (Å²) in [6.45, 7) is 0.883. The number of hydrogen-bond acceptors (Lipinski definition) is 3. The molecule has 0 spiro atoms. The molecule has 1 aromatic heterocycles. The third-order valence-electron chi connectivity index (χ3n) is 4.46. The van der Waals surface area contributed by atoms with E-state index < -0.39 is 30.3 Å². The number of fused-ring (bicyclic) bond motifs is 1. The Morgan fingerprint density at radius 3 is 2.84 bits per heavy atom. The molecule has 2 amide bonds. The molecule has 0 unspecified atom stereocenters. The molecule has 7 heteroatoms. The summed E-state index contributed by atoms with van der Waals surface area (Å²) in [5.74, 6) is -3.77. The lowest BCUT2D eigenvalue weighted by molar-refractivity contribution is -0.132. The maximum Gasteiger partial charge on any atom is 0.267 e. The highest BCUT2D eigenvalue weighted by Gasteiger charge is 2.45. The smallest absolute Gasteiger partial charge is 0.267 e. The number of carbonyl (C=O) groups excluding carboxylic acids is 2. The molecule has 1 N–H and O–H groups in total. The molecule has 1 atom stereocenters. The summed E-state index contributed by atoms with van der Waals surface area (Å²) >= 11 is 0. The molecule has 2 heterocycles. The van der Waals surface area contributed by atoms with Gasteiger partial charge in [-0.05, 0) is 18.6 Å². The summed E-state index contributed by atoms with van der Waals surface area (Å²) in [7, 11) is 0. The Morgan fingerprint density at radius 1 is 1.32 bits per heavy atom. The molecule has 25 heavy (non-hydrogen) atoms. The highest BCUT2D eigenvalue weighted by Crippen LogP contribution is 2.33. The van der Waals surface area contributed by atoms with Gasteiger partial charge in [0.05, 0.1) is 24.2 Å². The molecule has 3 rings (SSSR count). The first kappa shape index (κ1) is 17.3. The third-order valence-corrected chi connectivity index (χ3v) is 4.46. The summed E-state index contributed by atoms with van der Waals surface area (Å²) in [4.78, 5) is 30.0. The zero-order valence-electron chi connectivity index (χ0n) is 13.8. The fraction of sp³-hybridized carbons (Fsp3) is 0.389. The van der Waals surface area contributed by atoms with Crippen LogP contribution in [0.2, 0.25) is 0 Å². The second-order valence-electron chi connectivity index (χ2n) is 6.20. The van der Waals surface area contributed by atoms with Crippen LogP contribution in [-0.2, 0) is 4.79 Å². The second-order valence-corrected chi connectivity index (χ2v) is 6.20. The number of likely N-dealkylation sites (tertiary alicyclic amines) is 1. The number of carbonyl (C=O) groups is 2. The Morgan fingerprint density at radius 2 is 2.08 bits per heavy atom. The van der Waals surface area contributed by atoms with Crippen LogP contribution in [0.4, 0.5) is 8.78 Å². The van der Waals surface area contributed by atoms with Gasteiger partial charge in [-0.1, -0.05) is 25.1 Å². The van der Waals surface area contributed by atoms with Crippen molar-refractivity contribution in [2.75, 3.05) is 13.1 Å². The number of pyridine rings is 1. The van der Waals surface area contributed by atoms with Gasteiger partial charge in [0.2, 0.25) is 5.91 Å². The Balaban J connectivity index is 1.69. The molecule has 0 aliphatic carbocycles. The van der Waals surface area contributed by atoms with Crippen molar-refractivity contribution >= 4 is 22.7 Å². The Bertz CT molecular complexity index is 805. The first-order chi connectivity index (χ1) is 11.9. The highest BCUT2D eigenvalue weighted by atomic mass is 19.3. The van der Waals surface area contributed by atoms with E-state index in [4.69, 9.17) is 0 Å². The topological polar surface area (TPSA) is 62.3 Å². The van der Waals surface area contributed by atoms with Crippen molar-refractivity contribution in [3.8, 4) is 0 Å². The van der Waals surface area contributed by atoms with Gasteiger partial charge in [0, 0.05) is 24.0 Å². The van der Waals surface area contributed by atoms with Crippen LogP contribution in [0.5, 0.6) is 0 Å². The lowest BCUT2D eigenvalue weighted by Gasteiger charge is -2.23. The number of benzene rings is 1. The molecule has 132 valence electrons. The van der Waals surface area contributed by atoms with E-state index in [-0.39, 0.29) is 13.0 Å². The number of alkyl halides is 2. The van der Waals surface area contributed by atoms with Gasteiger partial charge < -0.3 is 10.2 Å². The van der Waals surface area contributed by atoms with Crippen molar-refractivity contribution in [1.29, 1.82) is 0 Å². The van der Waals surface area contributed by atoms with Crippen molar-refractivity contribution in [2.24, 2.45) is 0 Å². The monoisotopic (exact) mass is 347 g/mol. The molecule has 0 radical (unpaired) electrons. The van der Waals surface area contributed by atoms with E-state index in [0.29, 0.717) is 22.9 Å². The fourth-order valence-electron chi connectivity index (χ4n) is 3.20. The number of aromatic nitrogens is 1. The van der Waals surface area contributed by atoms with E-state index in [0.717, 1.165) is 0 Å². The van der Waals surface area contributed by atoms with Crippen LogP contribution in [0, 0.1) is 0 Å². The number of hydrogen-bond donors (Lipinski definition) is 1. The molecule has 1 aromatic carbocycles. The first-order valence-corrected chi connectivity index (χ1v) is 8.20. The Labute approximate surface area is 144 Å². The van der Waals surface area contributed by atoms with E-state index in [1.54, 1.807) is 31.2 Å². The van der Waals surface area contributed by atoms with Crippen LogP contribution in [0.3, 0.4) is 0 Å². The number of nitrogens with zero attached hydrogens (tertiary/aromatic N) is 2. The number of halogens is 2. The van der Waals surface area contributed by atoms with Crippen molar-refractivity contribution < 1.29 is 18.4 Å². The quantitative estimate of drug-likeness (QED) is 0.925. The van der Waals surface area contributed by atoms with Crippen LogP contribution in [0.15, 0.2) is 36.5 Å². The summed E-state index contributed by atoms with van der Waals surface area (Å²) in [6, 6.07) is 8.26. The number of nitrogens with one attached hydrogen (secondary N) is 1. The molecule has 1 fully saturated rings. The van der Waals surface area contributed by atoms with E-state index in [2.05, 4.69) is 10.3 Å². The molecular weight excluding hydrogens is 328 g/mol. The fourth-order valence-corrected chi connectivity index (χ4v) is 3.20. The van der Waals surface area contributed by atoms with Crippen LogP contribution in [0.1, 0.15) is 30.1 Å². The summed E-state index contributed by atoms with van der Waals surface area (Å²) in [5, 5.41) is 3.21. The van der Waals surface area contributed by atoms with E-state index in [1.165, 1.54) is 11.1 Å². The summed E-state index contributed by atoms with van der Waals surface area (Å²) in [5.41, 5.74) is 1.07. The molecule has 1 aliphatic heterocycles. The Kier molecular flexibility index (Phi) is 4.65. The van der Waals surface area contributed by atoms with Gasteiger partial charge in [0.25, 0.3) is 11.8 Å². The van der Waals surface area contributed by atoms with Crippen LogP contribution in [-0.4, -0.2) is 46.8 Å². The normalized spacial score (nSPS) is 19.2. The maximum atomic E-state index is 13.5. The number of para-hydroxylation sites is 1. The molecule has 0 bridgehead atoms.